The Labute approximate surface area is 76.5 Å². The van der Waals surface area contributed by atoms with E-state index in [9.17, 15) is 0 Å². The molecule has 1 saturated carbocycles. The molecule has 0 heterocycles. The molecule has 12 heavy (non-hydrogen) atoms. The van der Waals surface area contributed by atoms with Crippen molar-refractivity contribution in [2.45, 2.75) is 58.0 Å². The van der Waals surface area contributed by atoms with Gasteiger partial charge < -0.3 is 4.74 Å². The second kappa shape index (κ2) is 4.27. The Balaban J connectivity index is 2.48. The van der Waals surface area contributed by atoms with E-state index in [-0.39, 0.29) is 5.60 Å². The van der Waals surface area contributed by atoms with Crippen molar-refractivity contribution >= 4 is 0 Å². The highest BCUT2D eigenvalue weighted by molar-refractivity contribution is 4.84. The molecule has 1 aliphatic rings. The molecule has 1 aliphatic carbocycles. The SMILES string of the molecule is COC1(CC(C)C)CCCCC1. The van der Waals surface area contributed by atoms with Crippen molar-refractivity contribution in [1.82, 2.24) is 0 Å². The molecule has 0 aromatic carbocycles. The number of hydrogen-bond acceptors (Lipinski definition) is 1. The molecular formula is C11H22O. The van der Waals surface area contributed by atoms with E-state index < -0.39 is 0 Å². The Kier molecular flexibility index (Phi) is 3.57. The first kappa shape index (κ1) is 10.0. The highest BCUT2D eigenvalue weighted by Crippen LogP contribution is 2.35. The Morgan fingerprint density at radius 1 is 1.17 bits per heavy atom. The van der Waals surface area contributed by atoms with E-state index in [0.29, 0.717) is 0 Å². The second-order valence-corrected chi connectivity index (χ2v) is 4.55. The maximum Gasteiger partial charge on any atom is 0.0681 e. The van der Waals surface area contributed by atoms with Gasteiger partial charge in [0.25, 0.3) is 0 Å². The second-order valence-electron chi connectivity index (χ2n) is 4.55. The third-order valence-electron chi connectivity index (χ3n) is 2.98. The Morgan fingerprint density at radius 2 is 1.75 bits per heavy atom. The van der Waals surface area contributed by atoms with Crippen molar-refractivity contribution in [3.05, 3.63) is 0 Å². The zero-order valence-electron chi connectivity index (χ0n) is 8.73. The molecular weight excluding hydrogens is 148 g/mol. The lowest BCUT2D eigenvalue weighted by Crippen LogP contribution is -2.35. The normalized spacial score (nSPS) is 23.0. The van der Waals surface area contributed by atoms with Crippen LogP contribution in [-0.4, -0.2) is 12.7 Å². The summed E-state index contributed by atoms with van der Waals surface area (Å²) in [6.45, 7) is 4.57. The Bertz CT molecular complexity index is 123. The van der Waals surface area contributed by atoms with Gasteiger partial charge in [0.2, 0.25) is 0 Å². The molecule has 0 aromatic rings. The molecule has 0 atom stereocenters. The van der Waals surface area contributed by atoms with Crippen LogP contribution in [0.1, 0.15) is 52.4 Å². The van der Waals surface area contributed by atoms with Gasteiger partial charge in [-0.05, 0) is 25.2 Å². The lowest BCUT2D eigenvalue weighted by molar-refractivity contribution is -0.0536. The van der Waals surface area contributed by atoms with Crippen LogP contribution < -0.4 is 0 Å². The zero-order valence-corrected chi connectivity index (χ0v) is 8.73. The van der Waals surface area contributed by atoms with E-state index in [2.05, 4.69) is 13.8 Å². The molecule has 0 N–H and O–H groups in total. The molecule has 1 rings (SSSR count). The van der Waals surface area contributed by atoms with E-state index in [4.69, 9.17) is 4.74 Å². The summed E-state index contributed by atoms with van der Waals surface area (Å²) in [5.74, 6) is 0.767. The van der Waals surface area contributed by atoms with Gasteiger partial charge in [-0.2, -0.15) is 0 Å². The maximum atomic E-state index is 5.69. The summed E-state index contributed by atoms with van der Waals surface area (Å²) in [4.78, 5) is 0. The van der Waals surface area contributed by atoms with E-state index in [0.717, 1.165) is 5.92 Å². The van der Waals surface area contributed by atoms with Gasteiger partial charge in [-0.3, -0.25) is 0 Å². The number of ether oxygens (including phenoxy) is 1. The third kappa shape index (κ3) is 2.48. The average Bonchev–Trinajstić information content (AvgIpc) is 2.05. The van der Waals surface area contributed by atoms with Crippen molar-refractivity contribution in [1.29, 1.82) is 0 Å². The fourth-order valence-corrected chi connectivity index (χ4v) is 2.43. The predicted octanol–water partition coefficient (Wildman–Crippen LogP) is 3.38. The number of methoxy groups -OCH3 is 1. The van der Waals surface area contributed by atoms with E-state index in [1.165, 1.54) is 38.5 Å². The first-order valence-corrected chi connectivity index (χ1v) is 5.24. The first-order chi connectivity index (χ1) is 5.68. The largest absolute Gasteiger partial charge is 0.378 e. The van der Waals surface area contributed by atoms with Gasteiger partial charge in [0.15, 0.2) is 0 Å². The molecule has 0 aliphatic heterocycles. The minimum Gasteiger partial charge on any atom is -0.378 e. The lowest BCUT2D eigenvalue weighted by Gasteiger charge is -2.37. The summed E-state index contributed by atoms with van der Waals surface area (Å²) in [5.41, 5.74) is 0.242. The van der Waals surface area contributed by atoms with Crippen molar-refractivity contribution in [3.8, 4) is 0 Å². The minimum atomic E-state index is 0.242. The van der Waals surface area contributed by atoms with Gasteiger partial charge in [-0.1, -0.05) is 33.1 Å². The topological polar surface area (TPSA) is 9.23 Å². The van der Waals surface area contributed by atoms with Crippen molar-refractivity contribution in [3.63, 3.8) is 0 Å². The summed E-state index contributed by atoms with van der Waals surface area (Å²) in [6, 6.07) is 0. The minimum absolute atomic E-state index is 0.242. The molecule has 0 amide bonds. The molecule has 1 nitrogen and oxygen atoms in total. The van der Waals surface area contributed by atoms with Crippen LogP contribution in [0.15, 0.2) is 0 Å². The van der Waals surface area contributed by atoms with Crippen LogP contribution in [0.5, 0.6) is 0 Å². The van der Waals surface area contributed by atoms with Crippen molar-refractivity contribution in [2.75, 3.05) is 7.11 Å². The van der Waals surface area contributed by atoms with Gasteiger partial charge in [-0.15, -0.1) is 0 Å². The summed E-state index contributed by atoms with van der Waals surface area (Å²) < 4.78 is 5.69. The van der Waals surface area contributed by atoms with Gasteiger partial charge in [0.1, 0.15) is 0 Å². The van der Waals surface area contributed by atoms with Gasteiger partial charge >= 0.3 is 0 Å². The van der Waals surface area contributed by atoms with Crippen LogP contribution in [-0.2, 0) is 4.74 Å². The fourth-order valence-electron chi connectivity index (χ4n) is 2.43. The lowest BCUT2D eigenvalue weighted by atomic mass is 9.79. The smallest absolute Gasteiger partial charge is 0.0681 e. The van der Waals surface area contributed by atoms with E-state index in [1.807, 2.05) is 7.11 Å². The van der Waals surface area contributed by atoms with Gasteiger partial charge in [0, 0.05) is 7.11 Å². The van der Waals surface area contributed by atoms with Crippen LogP contribution in [0.4, 0.5) is 0 Å². The molecule has 0 aromatic heterocycles. The van der Waals surface area contributed by atoms with Crippen LogP contribution >= 0.6 is 0 Å². The number of hydrogen-bond donors (Lipinski definition) is 0. The molecule has 0 unspecified atom stereocenters. The summed E-state index contributed by atoms with van der Waals surface area (Å²) >= 11 is 0. The Hall–Kier alpha value is -0.0400. The average molecular weight is 170 g/mol. The van der Waals surface area contributed by atoms with Crippen LogP contribution in [0.25, 0.3) is 0 Å². The summed E-state index contributed by atoms with van der Waals surface area (Å²) in [5, 5.41) is 0. The summed E-state index contributed by atoms with van der Waals surface area (Å²) in [6.07, 6.45) is 7.93. The van der Waals surface area contributed by atoms with Crippen molar-refractivity contribution < 1.29 is 4.74 Å². The molecule has 0 spiro atoms. The first-order valence-electron chi connectivity index (χ1n) is 5.24. The standard InChI is InChI=1S/C11H22O/c1-10(2)9-11(12-3)7-5-4-6-8-11/h10H,4-9H2,1-3H3. The molecule has 1 heteroatoms. The highest BCUT2D eigenvalue weighted by atomic mass is 16.5. The Morgan fingerprint density at radius 3 is 2.17 bits per heavy atom. The maximum absolute atomic E-state index is 5.69. The van der Waals surface area contributed by atoms with Gasteiger partial charge in [0.05, 0.1) is 5.60 Å². The van der Waals surface area contributed by atoms with Gasteiger partial charge in [-0.25, -0.2) is 0 Å². The zero-order chi connectivity index (χ0) is 9.03. The molecule has 72 valence electrons. The third-order valence-corrected chi connectivity index (χ3v) is 2.98. The fraction of sp³-hybridized carbons (Fsp3) is 1.00. The van der Waals surface area contributed by atoms with E-state index in [1.54, 1.807) is 0 Å². The van der Waals surface area contributed by atoms with Crippen LogP contribution in [0.2, 0.25) is 0 Å². The van der Waals surface area contributed by atoms with Crippen LogP contribution in [0, 0.1) is 5.92 Å². The predicted molar refractivity (Wildman–Crippen MR) is 52.3 cm³/mol. The quantitative estimate of drug-likeness (QED) is 0.631. The molecule has 1 fully saturated rings. The number of rotatable bonds is 3. The molecule has 0 bridgehead atoms. The summed E-state index contributed by atoms with van der Waals surface area (Å²) in [7, 11) is 1.88. The van der Waals surface area contributed by atoms with E-state index >= 15 is 0 Å². The molecule has 0 radical (unpaired) electrons. The molecule has 0 saturated heterocycles. The van der Waals surface area contributed by atoms with Crippen molar-refractivity contribution in [2.24, 2.45) is 5.92 Å². The highest BCUT2D eigenvalue weighted by Gasteiger charge is 2.32. The van der Waals surface area contributed by atoms with Crippen LogP contribution in [0.3, 0.4) is 0 Å². The monoisotopic (exact) mass is 170 g/mol.